The van der Waals surface area contributed by atoms with E-state index < -0.39 is 0 Å². The first-order valence-electron chi connectivity index (χ1n) is 5.99. The zero-order valence-corrected chi connectivity index (χ0v) is 11.3. The van der Waals surface area contributed by atoms with Gasteiger partial charge in [-0.05, 0) is 49.7 Å². The van der Waals surface area contributed by atoms with Crippen molar-refractivity contribution in [1.29, 1.82) is 0 Å². The van der Waals surface area contributed by atoms with E-state index >= 15 is 0 Å². The van der Waals surface area contributed by atoms with Crippen molar-refractivity contribution in [2.75, 3.05) is 14.2 Å². The summed E-state index contributed by atoms with van der Waals surface area (Å²) in [7, 11) is 3.63. The second-order valence-electron chi connectivity index (χ2n) is 4.43. The van der Waals surface area contributed by atoms with Gasteiger partial charge in [0.1, 0.15) is 5.75 Å². The lowest BCUT2D eigenvalue weighted by Crippen LogP contribution is -2.06. The summed E-state index contributed by atoms with van der Waals surface area (Å²) in [5.41, 5.74) is 5.77. The molecule has 0 atom stereocenters. The number of H-pyrrole nitrogens is 1. The molecule has 2 aromatic rings. The number of hydrogen-bond donors (Lipinski definition) is 2. The lowest BCUT2D eigenvalue weighted by molar-refractivity contribution is 0.411. The van der Waals surface area contributed by atoms with Gasteiger partial charge in [0.15, 0.2) is 0 Å². The summed E-state index contributed by atoms with van der Waals surface area (Å²) in [5.74, 6) is 0.926. The molecule has 0 spiro atoms. The van der Waals surface area contributed by atoms with E-state index in [2.05, 4.69) is 41.5 Å². The van der Waals surface area contributed by atoms with Crippen LogP contribution in [0, 0.1) is 13.8 Å². The highest BCUT2D eigenvalue weighted by Crippen LogP contribution is 2.31. The number of rotatable bonds is 4. The predicted molar refractivity (Wildman–Crippen MR) is 72.8 cm³/mol. The summed E-state index contributed by atoms with van der Waals surface area (Å²) in [6, 6.07) is 4.22. The van der Waals surface area contributed by atoms with Crippen molar-refractivity contribution in [2.45, 2.75) is 20.4 Å². The largest absolute Gasteiger partial charge is 0.496 e. The second-order valence-corrected chi connectivity index (χ2v) is 4.43. The predicted octanol–water partition coefficient (Wildman–Crippen LogP) is 2.42. The summed E-state index contributed by atoms with van der Waals surface area (Å²) in [4.78, 5) is 0. The molecule has 0 saturated carbocycles. The van der Waals surface area contributed by atoms with Crippen molar-refractivity contribution < 1.29 is 4.74 Å². The normalized spacial score (nSPS) is 10.7. The van der Waals surface area contributed by atoms with Crippen molar-refractivity contribution in [1.82, 2.24) is 15.5 Å². The molecule has 0 aliphatic carbocycles. The molecule has 0 fully saturated rings. The monoisotopic (exact) mass is 245 g/mol. The maximum atomic E-state index is 5.34. The van der Waals surface area contributed by atoms with Crippen LogP contribution in [0.1, 0.15) is 16.8 Å². The Labute approximate surface area is 107 Å². The van der Waals surface area contributed by atoms with E-state index in [-0.39, 0.29) is 0 Å². The summed E-state index contributed by atoms with van der Waals surface area (Å²) in [5, 5.41) is 10.3. The first-order valence-corrected chi connectivity index (χ1v) is 5.99. The van der Waals surface area contributed by atoms with Crippen LogP contribution in [0.25, 0.3) is 11.1 Å². The fourth-order valence-electron chi connectivity index (χ4n) is 2.16. The molecular formula is C14H19N3O. The number of nitrogens with one attached hydrogen (secondary N) is 2. The molecule has 1 heterocycles. The van der Waals surface area contributed by atoms with Crippen LogP contribution in [0.4, 0.5) is 0 Å². The maximum absolute atomic E-state index is 5.34. The summed E-state index contributed by atoms with van der Waals surface area (Å²) >= 11 is 0. The number of hydrogen-bond acceptors (Lipinski definition) is 3. The van der Waals surface area contributed by atoms with Crippen LogP contribution < -0.4 is 10.1 Å². The minimum Gasteiger partial charge on any atom is -0.496 e. The smallest absolute Gasteiger partial charge is 0.122 e. The third-order valence-electron chi connectivity index (χ3n) is 3.10. The number of benzene rings is 1. The fourth-order valence-corrected chi connectivity index (χ4v) is 2.16. The average molecular weight is 245 g/mol. The number of aromatic nitrogens is 2. The van der Waals surface area contributed by atoms with E-state index in [4.69, 9.17) is 4.74 Å². The minimum atomic E-state index is 0.778. The Morgan fingerprint density at radius 2 is 2.00 bits per heavy atom. The third kappa shape index (κ3) is 2.24. The molecular weight excluding hydrogens is 226 g/mol. The summed E-state index contributed by atoms with van der Waals surface area (Å²) in [6.45, 7) is 4.92. The van der Waals surface area contributed by atoms with Gasteiger partial charge in [-0.15, -0.1) is 0 Å². The van der Waals surface area contributed by atoms with Crippen molar-refractivity contribution in [3.05, 3.63) is 35.2 Å². The molecule has 0 bridgehead atoms. The molecule has 96 valence electrons. The molecule has 0 unspecified atom stereocenters. The molecule has 2 N–H and O–H groups in total. The Kier molecular flexibility index (Phi) is 3.67. The van der Waals surface area contributed by atoms with E-state index in [1.54, 1.807) is 7.11 Å². The fraction of sp³-hybridized carbons (Fsp3) is 0.357. The molecule has 0 radical (unpaired) electrons. The van der Waals surface area contributed by atoms with E-state index in [1.807, 2.05) is 13.2 Å². The lowest BCUT2D eigenvalue weighted by Gasteiger charge is -2.11. The quantitative estimate of drug-likeness (QED) is 0.869. The van der Waals surface area contributed by atoms with Gasteiger partial charge in [0.05, 0.1) is 19.0 Å². The molecule has 4 nitrogen and oxygen atoms in total. The van der Waals surface area contributed by atoms with Gasteiger partial charge in [0.25, 0.3) is 0 Å². The van der Waals surface area contributed by atoms with Gasteiger partial charge in [-0.2, -0.15) is 5.10 Å². The van der Waals surface area contributed by atoms with Gasteiger partial charge in [0.2, 0.25) is 0 Å². The van der Waals surface area contributed by atoms with Crippen LogP contribution in [0.15, 0.2) is 18.3 Å². The Morgan fingerprint density at radius 1 is 1.22 bits per heavy atom. The van der Waals surface area contributed by atoms with Crippen LogP contribution >= 0.6 is 0 Å². The lowest BCUT2D eigenvalue weighted by atomic mass is 9.98. The molecule has 0 saturated heterocycles. The van der Waals surface area contributed by atoms with E-state index in [0.717, 1.165) is 29.1 Å². The molecule has 18 heavy (non-hydrogen) atoms. The standard InChI is InChI=1S/C14H19N3O/c1-9-6-14(18-4)10(2)5-11(9)12-7-16-17-13(12)8-15-3/h5-7,15H,8H2,1-4H3,(H,16,17). The zero-order chi connectivity index (χ0) is 13.1. The van der Waals surface area contributed by atoms with Gasteiger partial charge in [-0.3, -0.25) is 5.10 Å². The van der Waals surface area contributed by atoms with Crippen molar-refractivity contribution >= 4 is 0 Å². The molecule has 1 aromatic heterocycles. The number of aryl methyl sites for hydroxylation is 2. The van der Waals surface area contributed by atoms with Crippen LogP contribution in [-0.4, -0.2) is 24.4 Å². The molecule has 0 aliphatic heterocycles. The van der Waals surface area contributed by atoms with E-state index in [1.165, 1.54) is 11.1 Å². The first-order chi connectivity index (χ1) is 8.67. The van der Waals surface area contributed by atoms with Crippen LogP contribution in [0.3, 0.4) is 0 Å². The average Bonchev–Trinajstić information content (AvgIpc) is 2.80. The highest BCUT2D eigenvalue weighted by atomic mass is 16.5. The SMILES string of the molecule is CNCc1[nH]ncc1-c1cc(C)c(OC)cc1C. The Morgan fingerprint density at radius 3 is 2.67 bits per heavy atom. The van der Waals surface area contributed by atoms with Gasteiger partial charge < -0.3 is 10.1 Å². The highest BCUT2D eigenvalue weighted by molar-refractivity contribution is 5.71. The Bertz CT molecular complexity index is 546. The van der Waals surface area contributed by atoms with Crippen LogP contribution in [0.2, 0.25) is 0 Å². The number of nitrogens with zero attached hydrogens (tertiary/aromatic N) is 1. The zero-order valence-electron chi connectivity index (χ0n) is 11.3. The van der Waals surface area contributed by atoms with Crippen LogP contribution in [0.5, 0.6) is 5.75 Å². The topological polar surface area (TPSA) is 49.9 Å². The number of methoxy groups -OCH3 is 1. The summed E-state index contributed by atoms with van der Waals surface area (Å²) in [6.07, 6.45) is 1.88. The maximum Gasteiger partial charge on any atom is 0.122 e. The van der Waals surface area contributed by atoms with Crippen molar-refractivity contribution in [3.8, 4) is 16.9 Å². The van der Waals surface area contributed by atoms with E-state index in [0.29, 0.717) is 0 Å². The molecule has 0 aliphatic rings. The number of aromatic amines is 1. The van der Waals surface area contributed by atoms with Crippen molar-refractivity contribution in [2.24, 2.45) is 0 Å². The first kappa shape index (κ1) is 12.6. The minimum absolute atomic E-state index is 0.778. The van der Waals surface area contributed by atoms with Gasteiger partial charge in [0, 0.05) is 12.1 Å². The van der Waals surface area contributed by atoms with Gasteiger partial charge >= 0.3 is 0 Å². The van der Waals surface area contributed by atoms with Gasteiger partial charge in [-0.25, -0.2) is 0 Å². The summed E-state index contributed by atoms with van der Waals surface area (Å²) < 4.78 is 5.34. The molecule has 4 heteroatoms. The van der Waals surface area contributed by atoms with Crippen LogP contribution in [-0.2, 0) is 6.54 Å². The van der Waals surface area contributed by atoms with E-state index in [9.17, 15) is 0 Å². The second kappa shape index (κ2) is 5.23. The molecule has 1 aromatic carbocycles. The Hall–Kier alpha value is -1.81. The Balaban J connectivity index is 2.50. The van der Waals surface area contributed by atoms with Gasteiger partial charge in [-0.1, -0.05) is 0 Å². The third-order valence-corrected chi connectivity index (χ3v) is 3.10. The molecule has 2 rings (SSSR count). The number of ether oxygens (including phenoxy) is 1. The molecule has 0 amide bonds. The van der Waals surface area contributed by atoms with Crippen molar-refractivity contribution in [3.63, 3.8) is 0 Å². The highest BCUT2D eigenvalue weighted by Gasteiger charge is 2.11.